The number of morpholine rings is 1. The zero-order chi connectivity index (χ0) is 29.9. The third kappa shape index (κ3) is 6.00. The van der Waals surface area contributed by atoms with E-state index in [1.807, 2.05) is 0 Å². The number of nitrogens with one attached hydrogen (secondary N) is 2. The van der Waals surface area contributed by atoms with Gasteiger partial charge in [0.15, 0.2) is 6.79 Å². The second kappa shape index (κ2) is 12.7. The normalized spacial score (nSPS) is 22.7. The number of fused-ring (bicyclic) bond motifs is 2. The Morgan fingerprint density at radius 3 is 2.84 bits per heavy atom. The molecule has 2 aromatic carbocycles. The van der Waals surface area contributed by atoms with Crippen LogP contribution in [0.15, 0.2) is 36.4 Å². The Morgan fingerprint density at radius 1 is 1.11 bits per heavy atom. The van der Waals surface area contributed by atoms with Crippen LogP contribution in [0.4, 0.5) is 11.5 Å². The van der Waals surface area contributed by atoms with Gasteiger partial charge in [-0.2, -0.15) is 15.2 Å². The molecule has 3 aromatic rings. The van der Waals surface area contributed by atoms with E-state index in [1.54, 1.807) is 7.11 Å². The van der Waals surface area contributed by atoms with Crippen LogP contribution >= 0.6 is 0 Å². The number of nitriles is 1. The van der Waals surface area contributed by atoms with Crippen LogP contribution < -0.4 is 29.9 Å². The van der Waals surface area contributed by atoms with Crippen molar-refractivity contribution in [2.45, 2.75) is 44.4 Å². The van der Waals surface area contributed by atoms with E-state index in [0.29, 0.717) is 25.6 Å². The van der Waals surface area contributed by atoms with Gasteiger partial charge in [-0.1, -0.05) is 24.3 Å². The van der Waals surface area contributed by atoms with E-state index in [9.17, 15) is 5.26 Å². The average molecular weight is 600 g/mol. The van der Waals surface area contributed by atoms with Crippen molar-refractivity contribution in [1.82, 2.24) is 20.6 Å². The number of aromatic nitrogens is 2. The highest BCUT2D eigenvalue weighted by Gasteiger charge is 2.51. The lowest BCUT2D eigenvalue weighted by molar-refractivity contribution is -0.0334. The SMILES string of the molecule is COCOc1cc(N2CCc3c(nc(OCC4(C5CNCCO5)CC4)nc3N3CCN[C@@H](CC#N)C3)C2)c2ccccc2c1. The van der Waals surface area contributed by atoms with E-state index in [4.69, 9.17) is 28.9 Å². The molecule has 0 amide bonds. The molecule has 1 saturated carbocycles. The second-order valence-electron chi connectivity index (χ2n) is 12.3. The highest BCUT2D eigenvalue weighted by atomic mass is 16.7. The predicted octanol–water partition coefficient (Wildman–Crippen LogP) is 3.01. The van der Waals surface area contributed by atoms with Crippen LogP contribution in [0, 0.1) is 16.7 Å². The van der Waals surface area contributed by atoms with Crippen molar-refractivity contribution in [3.63, 3.8) is 0 Å². The molecule has 2 N–H and O–H groups in total. The van der Waals surface area contributed by atoms with E-state index >= 15 is 0 Å². The van der Waals surface area contributed by atoms with Gasteiger partial charge in [-0.25, -0.2) is 0 Å². The fraction of sp³-hybridized carbons (Fsp3) is 0.545. The molecule has 1 aromatic heterocycles. The highest BCUT2D eigenvalue weighted by molar-refractivity contribution is 5.95. The van der Waals surface area contributed by atoms with E-state index in [1.165, 1.54) is 10.9 Å². The third-order valence-corrected chi connectivity index (χ3v) is 9.40. The van der Waals surface area contributed by atoms with Gasteiger partial charge in [-0.15, -0.1) is 0 Å². The van der Waals surface area contributed by atoms with E-state index in [2.05, 4.69) is 62.9 Å². The van der Waals surface area contributed by atoms with Crippen LogP contribution in [-0.2, 0) is 22.4 Å². The predicted molar refractivity (Wildman–Crippen MR) is 167 cm³/mol. The average Bonchev–Trinajstić information content (AvgIpc) is 3.87. The van der Waals surface area contributed by atoms with Crippen molar-refractivity contribution in [2.24, 2.45) is 5.41 Å². The molecular formula is C33H41N7O4. The smallest absolute Gasteiger partial charge is 0.318 e. The Kier molecular flexibility index (Phi) is 8.41. The van der Waals surface area contributed by atoms with E-state index in [-0.39, 0.29) is 24.4 Å². The summed E-state index contributed by atoms with van der Waals surface area (Å²) in [6.45, 7) is 7.05. The Bertz CT molecular complexity index is 1520. The summed E-state index contributed by atoms with van der Waals surface area (Å²) in [6.07, 6.45) is 3.61. The van der Waals surface area contributed by atoms with E-state index in [0.717, 1.165) is 93.5 Å². The maximum Gasteiger partial charge on any atom is 0.318 e. The molecule has 0 radical (unpaired) electrons. The fourth-order valence-electron chi connectivity index (χ4n) is 6.81. The molecule has 2 saturated heterocycles. The van der Waals surface area contributed by atoms with Crippen LogP contribution in [0.1, 0.15) is 30.5 Å². The first kappa shape index (κ1) is 29.0. The standard InChI is InChI=1S/C33H41N7O4/c1-41-22-44-25-16-23-4-2-3-5-26(23)29(17-25)39-13-7-27-28(20-39)37-32(38-31(27)40-14-11-36-24(19-40)6-10-34)43-21-33(8-9-33)30-18-35-12-15-42-30/h2-5,16-17,24,30,35-36H,6-9,11-15,18-22H2,1H3/t24-,30?/m0/s1. The number of hydrogen-bond donors (Lipinski definition) is 2. The summed E-state index contributed by atoms with van der Waals surface area (Å²) in [5.41, 5.74) is 3.29. The lowest BCUT2D eigenvalue weighted by Crippen LogP contribution is -2.51. The largest absolute Gasteiger partial charge is 0.467 e. The minimum atomic E-state index is 0.0212. The molecule has 7 rings (SSSR count). The first-order valence-electron chi connectivity index (χ1n) is 15.8. The molecule has 4 heterocycles. The highest BCUT2D eigenvalue weighted by Crippen LogP contribution is 2.50. The molecule has 2 atom stereocenters. The van der Waals surface area contributed by atoms with Crippen LogP contribution in [-0.4, -0.2) is 88.5 Å². The number of rotatable bonds is 10. The molecule has 0 bridgehead atoms. The van der Waals surface area contributed by atoms with Gasteiger partial charge in [0.25, 0.3) is 0 Å². The zero-order valence-corrected chi connectivity index (χ0v) is 25.4. The van der Waals surface area contributed by atoms with Crippen molar-refractivity contribution in [2.75, 3.05) is 76.2 Å². The van der Waals surface area contributed by atoms with Crippen molar-refractivity contribution in [3.05, 3.63) is 47.7 Å². The van der Waals surface area contributed by atoms with Gasteiger partial charge in [0.1, 0.15) is 11.6 Å². The van der Waals surface area contributed by atoms with Gasteiger partial charge in [0.05, 0.1) is 44.0 Å². The molecule has 3 fully saturated rings. The van der Waals surface area contributed by atoms with Gasteiger partial charge in [0, 0.05) is 80.5 Å². The first-order valence-corrected chi connectivity index (χ1v) is 15.8. The number of methoxy groups -OCH3 is 1. The molecule has 1 aliphatic carbocycles. The van der Waals surface area contributed by atoms with Gasteiger partial charge >= 0.3 is 6.01 Å². The fourth-order valence-corrected chi connectivity index (χ4v) is 6.81. The van der Waals surface area contributed by atoms with E-state index < -0.39 is 0 Å². The number of nitrogens with zero attached hydrogens (tertiary/aromatic N) is 5. The molecule has 1 unspecified atom stereocenters. The van der Waals surface area contributed by atoms with Crippen molar-refractivity contribution < 1.29 is 18.9 Å². The lowest BCUT2D eigenvalue weighted by Gasteiger charge is -2.37. The second-order valence-corrected chi connectivity index (χ2v) is 12.3. The summed E-state index contributed by atoms with van der Waals surface area (Å²) >= 11 is 0. The van der Waals surface area contributed by atoms with Crippen LogP contribution in [0.25, 0.3) is 10.8 Å². The molecule has 11 heteroatoms. The molecule has 4 aliphatic rings. The maximum absolute atomic E-state index is 9.36. The molecule has 232 valence electrons. The van der Waals surface area contributed by atoms with Gasteiger partial charge < -0.3 is 39.4 Å². The molecule has 3 aliphatic heterocycles. The monoisotopic (exact) mass is 599 g/mol. The van der Waals surface area contributed by atoms with Crippen LogP contribution in [0.5, 0.6) is 11.8 Å². The number of hydrogen-bond acceptors (Lipinski definition) is 11. The molecule has 44 heavy (non-hydrogen) atoms. The summed E-state index contributed by atoms with van der Waals surface area (Å²) in [7, 11) is 1.63. The van der Waals surface area contributed by atoms with Gasteiger partial charge in [-0.05, 0) is 30.7 Å². The summed E-state index contributed by atoms with van der Waals surface area (Å²) in [6, 6.07) is 15.4. The minimum absolute atomic E-state index is 0.0212. The molecule has 0 spiro atoms. The van der Waals surface area contributed by atoms with Crippen LogP contribution in [0.2, 0.25) is 0 Å². The van der Waals surface area contributed by atoms with Gasteiger partial charge in [-0.3, -0.25) is 0 Å². The number of anilines is 2. The minimum Gasteiger partial charge on any atom is -0.467 e. The number of piperazine rings is 1. The van der Waals surface area contributed by atoms with Gasteiger partial charge in [0.2, 0.25) is 0 Å². The zero-order valence-electron chi connectivity index (χ0n) is 25.4. The lowest BCUT2D eigenvalue weighted by atomic mass is 9.99. The topological polar surface area (TPSA) is 117 Å². The van der Waals surface area contributed by atoms with Crippen molar-refractivity contribution in [1.29, 1.82) is 5.26 Å². The summed E-state index contributed by atoms with van der Waals surface area (Å²) < 4.78 is 23.6. The van der Waals surface area contributed by atoms with Crippen molar-refractivity contribution >= 4 is 22.3 Å². The molecular weight excluding hydrogens is 558 g/mol. The Labute approximate surface area is 258 Å². The Morgan fingerprint density at radius 2 is 2.02 bits per heavy atom. The van der Waals surface area contributed by atoms with Crippen molar-refractivity contribution in [3.8, 4) is 17.8 Å². The Balaban J connectivity index is 1.20. The third-order valence-electron chi connectivity index (χ3n) is 9.40. The summed E-state index contributed by atoms with van der Waals surface area (Å²) in [5.74, 6) is 1.72. The first-order chi connectivity index (χ1) is 21.7. The summed E-state index contributed by atoms with van der Waals surface area (Å²) in [4.78, 5) is 14.8. The van der Waals surface area contributed by atoms with Crippen LogP contribution in [0.3, 0.4) is 0 Å². The quantitative estimate of drug-likeness (QED) is 0.335. The molecule has 11 nitrogen and oxygen atoms in total. The number of benzene rings is 2. The number of ether oxygens (including phenoxy) is 4. The maximum atomic E-state index is 9.36. The Hall–Kier alpha value is -3.69. The summed E-state index contributed by atoms with van der Waals surface area (Å²) in [5, 5.41) is 18.6.